The zero-order chi connectivity index (χ0) is 18.2. The monoisotopic (exact) mass is 416 g/mol. The maximum absolute atomic E-state index is 11.6. The summed E-state index contributed by atoms with van der Waals surface area (Å²) in [5.41, 5.74) is 3.73. The lowest BCUT2D eigenvalue weighted by atomic mass is 10.1. The van der Waals surface area contributed by atoms with Crippen LogP contribution in [0.5, 0.6) is 0 Å². The molecule has 0 bridgehead atoms. The van der Waals surface area contributed by atoms with Gasteiger partial charge in [-0.2, -0.15) is 16.9 Å². The van der Waals surface area contributed by atoms with E-state index in [0.717, 1.165) is 21.9 Å². The highest BCUT2D eigenvalue weighted by Gasteiger charge is 2.13. The normalized spacial score (nSPS) is 11.4. The van der Waals surface area contributed by atoms with Crippen LogP contribution < -0.4 is 5.43 Å². The number of carbonyl (C=O) groups is 1. The quantitative estimate of drug-likeness (QED) is 0.457. The molecular formula is C17H18Cl2N2O2S2. The molecule has 0 radical (unpaired) electrons. The molecule has 2 rings (SSSR count). The lowest BCUT2D eigenvalue weighted by molar-refractivity contribution is 0.152. The Morgan fingerprint density at radius 3 is 2.60 bits per heavy atom. The Bertz CT molecular complexity index is 743. The van der Waals surface area contributed by atoms with Crippen molar-refractivity contribution in [2.24, 2.45) is 5.10 Å². The van der Waals surface area contributed by atoms with Gasteiger partial charge in [0.05, 0.1) is 11.5 Å². The summed E-state index contributed by atoms with van der Waals surface area (Å²) in [6.07, 6.45) is -0.605. The molecule has 0 spiro atoms. The molecule has 1 aromatic carbocycles. The van der Waals surface area contributed by atoms with Gasteiger partial charge in [-0.25, -0.2) is 10.2 Å². The molecule has 8 heteroatoms. The van der Waals surface area contributed by atoms with Crippen molar-refractivity contribution in [3.8, 4) is 0 Å². The fraction of sp³-hybridized carbons (Fsp3) is 0.294. The van der Waals surface area contributed by atoms with Crippen molar-refractivity contribution in [2.45, 2.75) is 19.6 Å². The second-order valence-electron chi connectivity index (χ2n) is 4.85. The van der Waals surface area contributed by atoms with Gasteiger partial charge >= 0.3 is 6.09 Å². The third-order valence-electron chi connectivity index (χ3n) is 3.01. The predicted molar refractivity (Wildman–Crippen MR) is 108 cm³/mol. The van der Waals surface area contributed by atoms with Crippen LogP contribution in [0.25, 0.3) is 0 Å². The van der Waals surface area contributed by atoms with Crippen molar-refractivity contribution in [3.05, 3.63) is 55.7 Å². The molecule has 134 valence electrons. The first-order valence-electron chi connectivity index (χ1n) is 7.67. The first-order chi connectivity index (χ1) is 12.0. The van der Waals surface area contributed by atoms with Crippen molar-refractivity contribution in [1.82, 2.24) is 5.43 Å². The number of ether oxygens (including phenoxy) is 1. The fourth-order valence-corrected chi connectivity index (χ4v) is 4.33. The van der Waals surface area contributed by atoms with Crippen LogP contribution in [-0.4, -0.2) is 24.2 Å². The van der Waals surface area contributed by atoms with Gasteiger partial charge < -0.3 is 4.74 Å². The summed E-state index contributed by atoms with van der Waals surface area (Å²) in [6, 6.07) is 9.23. The number of rotatable bonds is 7. The molecule has 1 amide bonds. The number of thiophene rings is 1. The van der Waals surface area contributed by atoms with E-state index in [4.69, 9.17) is 27.9 Å². The minimum absolute atomic E-state index is 0.275. The summed E-state index contributed by atoms with van der Waals surface area (Å²) in [6.45, 7) is 4.14. The molecule has 2 aromatic rings. The van der Waals surface area contributed by atoms with Crippen molar-refractivity contribution >= 4 is 58.1 Å². The Hall–Kier alpha value is -1.21. The summed E-state index contributed by atoms with van der Waals surface area (Å²) in [5.74, 6) is 2.00. The van der Waals surface area contributed by atoms with Crippen molar-refractivity contribution in [3.63, 3.8) is 0 Å². The van der Waals surface area contributed by atoms with Crippen LogP contribution in [0.3, 0.4) is 0 Å². The van der Waals surface area contributed by atoms with Crippen LogP contribution in [-0.2, 0) is 10.5 Å². The highest BCUT2D eigenvalue weighted by Crippen LogP contribution is 2.27. The Kier molecular flexibility index (Phi) is 8.09. The van der Waals surface area contributed by atoms with E-state index in [1.54, 1.807) is 36.5 Å². The van der Waals surface area contributed by atoms with Gasteiger partial charge in [-0.3, -0.25) is 0 Å². The number of hydrogen-bond acceptors (Lipinski definition) is 5. The molecule has 0 aliphatic carbocycles. The van der Waals surface area contributed by atoms with Gasteiger partial charge in [0.1, 0.15) is 5.71 Å². The summed E-state index contributed by atoms with van der Waals surface area (Å²) < 4.78 is 4.86. The van der Waals surface area contributed by atoms with Crippen molar-refractivity contribution in [1.29, 1.82) is 0 Å². The number of nitrogens with zero attached hydrogens (tertiary/aromatic N) is 1. The summed E-state index contributed by atoms with van der Waals surface area (Å²) in [4.78, 5) is 13.8. The molecule has 0 atom stereocenters. The van der Waals surface area contributed by atoms with Crippen molar-refractivity contribution < 1.29 is 9.53 Å². The van der Waals surface area contributed by atoms with Gasteiger partial charge in [0.15, 0.2) is 0 Å². The average molecular weight is 417 g/mol. The van der Waals surface area contributed by atoms with Crippen LogP contribution in [0.15, 0.2) is 35.4 Å². The second-order valence-corrected chi connectivity index (χ2v) is 8.17. The van der Waals surface area contributed by atoms with Gasteiger partial charge in [-0.1, -0.05) is 30.1 Å². The van der Waals surface area contributed by atoms with E-state index in [1.807, 2.05) is 17.8 Å². The number of thioether (sulfide) groups is 1. The molecule has 0 aliphatic heterocycles. The molecule has 0 saturated carbocycles. The third kappa shape index (κ3) is 6.22. The van der Waals surface area contributed by atoms with Gasteiger partial charge in [0.25, 0.3) is 0 Å². The molecule has 1 aromatic heterocycles. The average Bonchev–Trinajstić information content (AvgIpc) is 3.01. The molecule has 0 saturated heterocycles. The first-order valence-corrected chi connectivity index (χ1v) is 10.4. The largest absolute Gasteiger partial charge is 0.449 e. The molecule has 0 unspecified atom stereocenters. The van der Waals surface area contributed by atoms with Gasteiger partial charge in [0.2, 0.25) is 0 Å². The smallest absolute Gasteiger partial charge is 0.427 e. The number of amides is 1. The van der Waals surface area contributed by atoms with Crippen LogP contribution in [0.2, 0.25) is 10.0 Å². The molecule has 25 heavy (non-hydrogen) atoms. The zero-order valence-corrected chi connectivity index (χ0v) is 17.0. The number of benzene rings is 1. The van der Waals surface area contributed by atoms with E-state index >= 15 is 0 Å². The summed E-state index contributed by atoms with van der Waals surface area (Å²) in [5, 5.41) is 5.25. The maximum Gasteiger partial charge on any atom is 0.427 e. The van der Waals surface area contributed by atoms with E-state index < -0.39 is 6.09 Å². The fourth-order valence-electron chi connectivity index (χ4n) is 2.00. The number of halogens is 2. The number of hydrogen-bond donors (Lipinski definition) is 1. The molecule has 4 nitrogen and oxygen atoms in total. The van der Waals surface area contributed by atoms with Crippen LogP contribution in [0.4, 0.5) is 4.79 Å². The highest BCUT2D eigenvalue weighted by atomic mass is 35.5. The minimum atomic E-state index is -0.605. The SMILES string of the molecule is CCOC(=O)NN=C(c1cc(Cl)cc(Cl)c1)c1ccc(CSCC)s1. The minimum Gasteiger partial charge on any atom is -0.449 e. The second kappa shape index (κ2) is 10.1. The van der Waals surface area contributed by atoms with Crippen LogP contribution in [0, 0.1) is 0 Å². The summed E-state index contributed by atoms with van der Waals surface area (Å²) in [7, 11) is 0. The first kappa shape index (κ1) is 20.1. The van der Waals surface area contributed by atoms with E-state index in [9.17, 15) is 4.79 Å². The zero-order valence-electron chi connectivity index (χ0n) is 13.8. The van der Waals surface area contributed by atoms with E-state index in [0.29, 0.717) is 15.8 Å². The Labute approximate surface area is 165 Å². The lowest BCUT2D eigenvalue weighted by Gasteiger charge is -2.07. The summed E-state index contributed by atoms with van der Waals surface area (Å²) >= 11 is 15.7. The molecule has 0 fully saturated rings. The number of hydrazone groups is 1. The topological polar surface area (TPSA) is 50.7 Å². The Morgan fingerprint density at radius 2 is 1.96 bits per heavy atom. The third-order valence-corrected chi connectivity index (χ3v) is 5.65. The van der Waals surface area contributed by atoms with E-state index in [1.165, 1.54) is 4.88 Å². The molecule has 0 aliphatic rings. The maximum atomic E-state index is 11.6. The molecular weight excluding hydrogens is 399 g/mol. The molecule has 1 heterocycles. The molecule has 1 N–H and O–H groups in total. The van der Waals surface area contributed by atoms with E-state index in [-0.39, 0.29) is 6.61 Å². The Balaban J connectivity index is 2.36. The van der Waals surface area contributed by atoms with Crippen molar-refractivity contribution in [2.75, 3.05) is 12.4 Å². The van der Waals surface area contributed by atoms with E-state index in [2.05, 4.69) is 23.5 Å². The predicted octanol–water partition coefficient (Wildman–Crippen LogP) is 5.81. The van der Waals surface area contributed by atoms with Gasteiger partial charge in [0, 0.05) is 26.2 Å². The Morgan fingerprint density at radius 1 is 1.24 bits per heavy atom. The van der Waals surface area contributed by atoms with Gasteiger partial charge in [-0.05, 0) is 43.0 Å². The number of nitrogens with one attached hydrogen (secondary N) is 1. The van der Waals surface area contributed by atoms with Gasteiger partial charge in [-0.15, -0.1) is 11.3 Å². The number of carbonyl (C=O) groups excluding carboxylic acids is 1. The van der Waals surface area contributed by atoms with Crippen LogP contribution in [0.1, 0.15) is 29.2 Å². The van der Waals surface area contributed by atoms with Crippen LogP contribution >= 0.6 is 46.3 Å². The standard InChI is InChI=1S/C17H18Cl2N2O2S2/c1-3-23-17(22)21-20-16(11-7-12(18)9-13(19)8-11)15-6-5-14(25-15)10-24-4-2/h5-9H,3-4,10H2,1-2H3,(H,21,22). The highest BCUT2D eigenvalue weighted by molar-refractivity contribution is 7.98. The lowest BCUT2D eigenvalue weighted by Crippen LogP contribution is -2.21.